The van der Waals surface area contributed by atoms with Crippen LogP contribution in [-0.4, -0.2) is 55.0 Å². The zero-order chi connectivity index (χ0) is 26.3. The van der Waals surface area contributed by atoms with Crippen LogP contribution >= 0.6 is 0 Å². The molecule has 0 radical (unpaired) electrons. The lowest BCUT2D eigenvalue weighted by Crippen LogP contribution is -2.52. The lowest BCUT2D eigenvalue weighted by Gasteiger charge is -2.47. The molecule has 0 bridgehead atoms. The van der Waals surface area contributed by atoms with Gasteiger partial charge >= 0.3 is 0 Å². The SMILES string of the molecule is CC(C)(C)[Si](C)(C)OC/C=C1\C(O[Si](C)(C)C(C)(C)C)CC(O)C[C@H]1O[Si](C)(C)C(C)(C)C. The minimum atomic E-state index is -2.02. The van der Waals surface area contributed by atoms with Crippen LogP contribution in [0.5, 0.6) is 0 Å². The van der Waals surface area contributed by atoms with Gasteiger partial charge in [-0.3, -0.25) is 0 Å². The summed E-state index contributed by atoms with van der Waals surface area (Å²) in [5.41, 5.74) is 1.19. The standard InChI is InChI=1S/C26H56O4Si3/c1-24(2,3)31(10,11)28-17-16-21-22(29-32(12,13)25(4,5)6)18-20(27)19-23(21)30-33(14,15)26(7,8)9/h16,20,22-23,27H,17-19H2,1-15H3/b21-16-/t20?,22-,23?/m1/s1. The molecule has 1 N–H and O–H groups in total. The Labute approximate surface area is 209 Å². The van der Waals surface area contributed by atoms with Crippen molar-refractivity contribution >= 4 is 25.0 Å². The monoisotopic (exact) mass is 516 g/mol. The van der Waals surface area contributed by atoms with Crippen LogP contribution in [0, 0.1) is 0 Å². The Morgan fingerprint density at radius 1 is 0.697 bits per heavy atom. The largest absolute Gasteiger partial charge is 0.413 e. The fraction of sp³-hybridized carbons (Fsp3) is 0.923. The molecule has 3 atom stereocenters. The van der Waals surface area contributed by atoms with Gasteiger partial charge in [0, 0.05) is 12.8 Å². The molecule has 0 saturated heterocycles. The smallest absolute Gasteiger partial charge is 0.192 e. The first-order chi connectivity index (χ1) is 14.4. The van der Waals surface area contributed by atoms with Crippen molar-refractivity contribution in [2.24, 2.45) is 0 Å². The van der Waals surface area contributed by atoms with E-state index in [0.717, 1.165) is 0 Å². The van der Waals surface area contributed by atoms with Gasteiger partial charge in [0.2, 0.25) is 0 Å². The van der Waals surface area contributed by atoms with Crippen LogP contribution in [0.4, 0.5) is 0 Å². The highest BCUT2D eigenvalue weighted by molar-refractivity contribution is 6.75. The van der Waals surface area contributed by atoms with Gasteiger partial charge in [0.05, 0.1) is 24.9 Å². The van der Waals surface area contributed by atoms with Gasteiger partial charge in [-0.15, -0.1) is 0 Å². The summed E-state index contributed by atoms with van der Waals surface area (Å²) in [6.45, 7) is 34.8. The average Bonchev–Trinajstić information content (AvgIpc) is 2.53. The van der Waals surface area contributed by atoms with E-state index in [0.29, 0.717) is 19.4 Å². The third-order valence-corrected chi connectivity index (χ3v) is 22.2. The Morgan fingerprint density at radius 2 is 1.03 bits per heavy atom. The highest BCUT2D eigenvalue weighted by atomic mass is 28.4. The molecule has 1 aliphatic carbocycles. The summed E-state index contributed by atoms with van der Waals surface area (Å²) >= 11 is 0. The molecular formula is C26H56O4Si3. The summed E-state index contributed by atoms with van der Waals surface area (Å²) in [6.07, 6.45) is 2.86. The van der Waals surface area contributed by atoms with Crippen LogP contribution in [0.25, 0.3) is 0 Å². The fourth-order valence-corrected chi connectivity index (χ4v) is 6.72. The summed E-state index contributed by atoms with van der Waals surface area (Å²) < 4.78 is 20.3. The Bertz CT molecular complexity index is 639. The summed E-state index contributed by atoms with van der Waals surface area (Å²) in [5.74, 6) is 0. The van der Waals surface area contributed by atoms with Crippen molar-refractivity contribution < 1.29 is 18.4 Å². The van der Waals surface area contributed by atoms with Crippen molar-refractivity contribution in [3.63, 3.8) is 0 Å². The third kappa shape index (κ3) is 8.12. The Balaban J connectivity index is 3.35. The van der Waals surface area contributed by atoms with E-state index in [9.17, 15) is 5.11 Å². The number of aliphatic hydroxyl groups excluding tert-OH is 1. The molecule has 1 saturated carbocycles. The van der Waals surface area contributed by atoms with E-state index in [2.05, 4.69) is 108 Å². The van der Waals surface area contributed by atoms with Gasteiger partial charge in [0.1, 0.15) is 0 Å². The van der Waals surface area contributed by atoms with Gasteiger partial charge in [-0.25, -0.2) is 0 Å². The van der Waals surface area contributed by atoms with Crippen molar-refractivity contribution in [3.05, 3.63) is 11.6 Å². The Morgan fingerprint density at radius 3 is 1.33 bits per heavy atom. The van der Waals surface area contributed by atoms with Gasteiger partial charge < -0.3 is 18.4 Å². The molecule has 0 aromatic heterocycles. The minimum Gasteiger partial charge on any atom is -0.413 e. The highest BCUT2D eigenvalue weighted by Crippen LogP contribution is 2.44. The molecule has 0 aromatic rings. The van der Waals surface area contributed by atoms with Crippen LogP contribution in [0.3, 0.4) is 0 Å². The first-order valence-corrected chi connectivity index (χ1v) is 21.5. The molecule has 0 aliphatic heterocycles. The average molecular weight is 517 g/mol. The second-order valence-corrected chi connectivity index (χ2v) is 29.0. The van der Waals surface area contributed by atoms with E-state index in [-0.39, 0.29) is 27.3 Å². The summed E-state index contributed by atoms with van der Waals surface area (Å²) in [6, 6.07) is 0. The van der Waals surface area contributed by atoms with Gasteiger partial charge in [-0.2, -0.15) is 0 Å². The lowest BCUT2D eigenvalue weighted by atomic mass is 9.87. The van der Waals surface area contributed by atoms with Crippen LogP contribution < -0.4 is 0 Å². The van der Waals surface area contributed by atoms with Gasteiger partial charge in [-0.05, 0) is 60.0 Å². The van der Waals surface area contributed by atoms with E-state index in [1.165, 1.54) is 5.57 Å². The number of aliphatic hydroxyl groups is 1. The van der Waals surface area contributed by atoms with Crippen LogP contribution in [0.15, 0.2) is 11.6 Å². The lowest BCUT2D eigenvalue weighted by molar-refractivity contribution is 0.0241. The molecule has 7 heteroatoms. The van der Waals surface area contributed by atoms with Crippen LogP contribution in [-0.2, 0) is 13.3 Å². The van der Waals surface area contributed by atoms with Crippen LogP contribution in [0.2, 0.25) is 54.4 Å². The molecule has 0 amide bonds. The molecule has 2 unspecified atom stereocenters. The molecule has 1 aliphatic rings. The second-order valence-electron chi connectivity index (χ2n) is 14.6. The van der Waals surface area contributed by atoms with Gasteiger partial charge in [-0.1, -0.05) is 68.4 Å². The molecule has 33 heavy (non-hydrogen) atoms. The van der Waals surface area contributed by atoms with E-state index in [1.54, 1.807) is 0 Å². The maximum absolute atomic E-state index is 10.8. The molecule has 4 nitrogen and oxygen atoms in total. The minimum absolute atomic E-state index is 0.105. The Kier molecular flexibility index (Phi) is 9.76. The quantitative estimate of drug-likeness (QED) is 0.276. The normalized spacial score (nSPS) is 25.6. The van der Waals surface area contributed by atoms with E-state index >= 15 is 0 Å². The predicted octanol–water partition coefficient (Wildman–Crippen LogP) is 7.87. The molecular weight excluding hydrogens is 461 g/mol. The van der Waals surface area contributed by atoms with Gasteiger partial charge in [0.15, 0.2) is 25.0 Å². The summed E-state index contributed by atoms with van der Waals surface area (Å²) in [5, 5.41) is 11.2. The molecule has 0 spiro atoms. The molecule has 1 rings (SSSR count). The first-order valence-electron chi connectivity index (χ1n) is 12.8. The maximum atomic E-state index is 10.8. The van der Waals surface area contributed by atoms with E-state index in [1.807, 2.05) is 0 Å². The van der Waals surface area contributed by atoms with Crippen molar-refractivity contribution in [1.29, 1.82) is 0 Å². The maximum Gasteiger partial charge on any atom is 0.192 e. The molecule has 0 aromatic carbocycles. The van der Waals surface area contributed by atoms with Crippen molar-refractivity contribution in [2.75, 3.05) is 6.61 Å². The fourth-order valence-electron chi connectivity index (χ4n) is 3.19. The number of hydrogen-bond acceptors (Lipinski definition) is 4. The zero-order valence-corrected chi connectivity index (χ0v) is 27.6. The van der Waals surface area contributed by atoms with E-state index < -0.39 is 31.1 Å². The topological polar surface area (TPSA) is 47.9 Å². The van der Waals surface area contributed by atoms with E-state index in [4.69, 9.17) is 13.3 Å². The summed E-state index contributed by atoms with van der Waals surface area (Å²) in [4.78, 5) is 0. The van der Waals surface area contributed by atoms with Crippen LogP contribution in [0.1, 0.15) is 75.2 Å². The van der Waals surface area contributed by atoms with Crippen molar-refractivity contribution in [2.45, 2.75) is 148 Å². The molecule has 196 valence electrons. The molecule has 0 heterocycles. The summed E-state index contributed by atoms with van der Waals surface area (Å²) in [7, 11) is -5.90. The first kappa shape index (κ1) is 31.3. The predicted molar refractivity (Wildman–Crippen MR) is 151 cm³/mol. The molecule has 1 fully saturated rings. The third-order valence-electron chi connectivity index (χ3n) is 8.77. The number of hydrogen-bond donors (Lipinski definition) is 1. The highest BCUT2D eigenvalue weighted by Gasteiger charge is 2.46. The Hall–Kier alpha value is 0.231. The number of rotatable bonds is 7. The van der Waals surface area contributed by atoms with Gasteiger partial charge in [0.25, 0.3) is 0 Å². The van der Waals surface area contributed by atoms with Crippen molar-refractivity contribution in [3.8, 4) is 0 Å². The van der Waals surface area contributed by atoms with Crippen molar-refractivity contribution in [1.82, 2.24) is 0 Å². The second kappa shape index (κ2) is 10.3. The zero-order valence-electron chi connectivity index (χ0n) is 24.6.